The molecule has 2 aliphatic rings. The molecule has 0 saturated carbocycles. The largest absolute Gasteiger partial charge is 0.383 e. The van der Waals surface area contributed by atoms with Crippen LogP contribution in [0.15, 0.2) is 29.4 Å². The highest BCUT2D eigenvalue weighted by molar-refractivity contribution is 5.91. The molecule has 6 heteroatoms. The molecule has 6 nitrogen and oxygen atoms in total. The second-order valence-electron chi connectivity index (χ2n) is 5.19. The number of nitro groups is 1. The van der Waals surface area contributed by atoms with Crippen molar-refractivity contribution in [2.45, 2.75) is 6.42 Å². The topological polar surface area (TPSA) is 68.0 Å². The second kappa shape index (κ2) is 5.94. The number of hydrogen-bond acceptors (Lipinski definition) is 5. The van der Waals surface area contributed by atoms with Gasteiger partial charge in [0.2, 0.25) is 0 Å². The van der Waals surface area contributed by atoms with E-state index in [9.17, 15) is 10.1 Å². The third kappa shape index (κ3) is 3.20. The summed E-state index contributed by atoms with van der Waals surface area (Å²) in [4.78, 5) is 17.8. The maximum absolute atomic E-state index is 10.7. The molecule has 0 aliphatic carbocycles. The van der Waals surface area contributed by atoms with Crippen LogP contribution < -0.4 is 0 Å². The summed E-state index contributed by atoms with van der Waals surface area (Å²) in [6.45, 7) is 3.36. The van der Waals surface area contributed by atoms with Crippen LogP contribution in [0.2, 0.25) is 0 Å². The van der Waals surface area contributed by atoms with Crippen LogP contribution in [0.5, 0.6) is 0 Å². The first-order valence-corrected chi connectivity index (χ1v) is 6.87. The third-order valence-corrected chi connectivity index (χ3v) is 3.74. The molecular weight excluding hydrogens is 270 g/mol. The van der Waals surface area contributed by atoms with Crippen molar-refractivity contribution in [3.63, 3.8) is 0 Å². The van der Waals surface area contributed by atoms with Crippen molar-refractivity contribution >= 4 is 11.4 Å². The van der Waals surface area contributed by atoms with Crippen molar-refractivity contribution in [1.29, 1.82) is 0 Å². The molecular formula is C15H15N3O3. The highest BCUT2D eigenvalue weighted by Crippen LogP contribution is 2.25. The van der Waals surface area contributed by atoms with E-state index in [1.807, 2.05) is 0 Å². The lowest BCUT2D eigenvalue weighted by atomic mass is 10.0. The van der Waals surface area contributed by atoms with Crippen LogP contribution in [0, 0.1) is 27.9 Å². The molecule has 2 aliphatic heterocycles. The Morgan fingerprint density at radius 1 is 1.52 bits per heavy atom. The fourth-order valence-corrected chi connectivity index (χ4v) is 2.69. The van der Waals surface area contributed by atoms with Crippen LogP contribution in [0.1, 0.15) is 12.0 Å². The summed E-state index contributed by atoms with van der Waals surface area (Å²) in [5.74, 6) is 6.21. The molecule has 2 fully saturated rings. The van der Waals surface area contributed by atoms with Gasteiger partial charge in [0.15, 0.2) is 6.61 Å². The molecule has 0 amide bonds. The van der Waals surface area contributed by atoms with Crippen LogP contribution in [0.25, 0.3) is 0 Å². The quantitative estimate of drug-likeness (QED) is 0.366. The van der Waals surface area contributed by atoms with Gasteiger partial charge < -0.3 is 4.84 Å². The van der Waals surface area contributed by atoms with Crippen molar-refractivity contribution in [1.82, 2.24) is 4.90 Å². The zero-order valence-corrected chi connectivity index (χ0v) is 11.5. The Bertz CT molecular complexity index is 645. The SMILES string of the molecule is O=[N+]([O-])c1cccc(C#CCO/N=C2\CN3CCC2C3)c1. The summed E-state index contributed by atoms with van der Waals surface area (Å²) < 4.78 is 0. The molecule has 2 unspecified atom stereocenters. The van der Waals surface area contributed by atoms with Crippen molar-refractivity contribution in [3.8, 4) is 11.8 Å². The maximum Gasteiger partial charge on any atom is 0.270 e. The van der Waals surface area contributed by atoms with Crippen LogP contribution in [-0.2, 0) is 4.84 Å². The number of hydrogen-bond donors (Lipinski definition) is 0. The molecule has 108 valence electrons. The summed E-state index contributed by atoms with van der Waals surface area (Å²) in [6, 6.07) is 6.24. The van der Waals surface area contributed by atoms with Gasteiger partial charge in [-0.3, -0.25) is 15.0 Å². The van der Waals surface area contributed by atoms with Gasteiger partial charge in [0.1, 0.15) is 0 Å². The van der Waals surface area contributed by atoms with Gasteiger partial charge in [-0.2, -0.15) is 0 Å². The van der Waals surface area contributed by atoms with Gasteiger partial charge in [-0.15, -0.1) is 0 Å². The number of oxime groups is 1. The van der Waals surface area contributed by atoms with Crippen LogP contribution in [-0.4, -0.2) is 41.8 Å². The van der Waals surface area contributed by atoms with E-state index in [1.165, 1.54) is 18.6 Å². The standard InChI is InChI=1S/C15H15N3O3/c19-18(20)14-5-1-3-12(9-14)4-2-8-21-16-15-11-17-7-6-13(15)10-17/h1,3,5,9,13H,6-8,10-11H2/b16-15+. The van der Waals surface area contributed by atoms with E-state index in [4.69, 9.17) is 4.84 Å². The molecule has 2 bridgehead atoms. The number of piperidine rings is 1. The highest BCUT2D eigenvalue weighted by atomic mass is 16.6. The Morgan fingerprint density at radius 2 is 2.43 bits per heavy atom. The minimum atomic E-state index is -0.432. The lowest BCUT2D eigenvalue weighted by molar-refractivity contribution is -0.384. The molecule has 0 N–H and O–H groups in total. The summed E-state index contributed by atoms with van der Waals surface area (Å²) in [5.41, 5.74) is 1.75. The molecule has 0 aromatic heterocycles. The van der Waals surface area contributed by atoms with Crippen molar-refractivity contribution in [2.75, 3.05) is 26.2 Å². The van der Waals surface area contributed by atoms with E-state index in [0.29, 0.717) is 11.5 Å². The average Bonchev–Trinajstić information content (AvgIpc) is 3.10. The number of nitrogens with zero attached hydrogens (tertiary/aromatic N) is 3. The Balaban J connectivity index is 1.53. The Kier molecular flexibility index (Phi) is 3.84. The van der Waals surface area contributed by atoms with Crippen LogP contribution in [0.4, 0.5) is 5.69 Å². The molecule has 1 aromatic carbocycles. The molecule has 3 rings (SSSR count). The van der Waals surface area contributed by atoms with Gasteiger partial charge in [-0.1, -0.05) is 23.1 Å². The first-order chi connectivity index (χ1) is 10.2. The van der Waals surface area contributed by atoms with Gasteiger partial charge in [0.25, 0.3) is 5.69 Å². The fourth-order valence-electron chi connectivity index (χ4n) is 2.69. The first-order valence-electron chi connectivity index (χ1n) is 6.87. The van der Waals surface area contributed by atoms with Crippen molar-refractivity contribution in [2.24, 2.45) is 11.1 Å². The van der Waals surface area contributed by atoms with E-state index >= 15 is 0 Å². The van der Waals surface area contributed by atoms with E-state index in [2.05, 4.69) is 21.9 Å². The number of benzene rings is 1. The monoisotopic (exact) mass is 285 g/mol. The third-order valence-electron chi connectivity index (χ3n) is 3.74. The Hall–Kier alpha value is -2.39. The van der Waals surface area contributed by atoms with Gasteiger partial charge >= 0.3 is 0 Å². The minimum Gasteiger partial charge on any atom is -0.383 e. The summed E-state index contributed by atoms with van der Waals surface area (Å²) in [5, 5.41) is 14.8. The van der Waals surface area contributed by atoms with Gasteiger partial charge in [0, 0.05) is 36.7 Å². The molecule has 0 spiro atoms. The molecule has 2 atom stereocenters. The molecule has 2 heterocycles. The van der Waals surface area contributed by atoms with E-state index in [1.54, 1.807) is 12.1 Å². The molecule has 1 aromatic rings. The minimum absolute atomic E-state index is 0.0407. The predicted molar refractivity (Wildman–Crippen MR) is 77.9 cm³/mol. The Morgan fingerprint density at radius 3 is 3.14 bits per heavy atom. The zero-order valence-electron chi connectivity index (χ0n) is 11.5. The van der Waals surface area contributed by atoms with Crippen molar-refractivity contribution < 1.29 is 9.76 Å². The number of nitro benzene ring substituents is 1. The zero-order chi connectivity index (χ0) is 14.7. The highest BCUT2D eigenvalue weighted by Gasteiger charge is 2.35. The lowest BCUT2D eigenvalue weighted by Gasteiger charge is -2.12. The predicted octanol–water partition coefficient (Wildman–Crippen LogP) is 1.65. The lowest BCUT2D eigenvalue weighted by Crippen LogP contribution is -2.23. The summed E-state index contributed by atoms with van der Waals surface area (Å²) in [6.07, 6.45) is 1.17. The molecule has 0 radical (unpaired) electrons. The molecule has 21 heavy (non-hydrogen) atoms. The molecule has 2 saturated heterocycles. The van der Waals surface area contributed by atoms with E-state index < -0.39 is 4.92 Å². The Labute approximate surface area is 122 Å². The van der Waals surface area contributed by atoms with Crippen LogP contribution in [0.3, 0.4) is 0 Å². The van der Waals surface area contributed by atoms with Gasteiger partial charge in [0.05, 0.1) is 10.6 Å². The summed E-state index contributed by atoms with van der Waals surface area (Å²) >= 11 is 0. The maximum atomic E-state index is 10.7. The summed E-state index contributed by atoms with van der Waals surface area (Å²) in [7, 11) is 0. The second-order valence-corrected chi connectivity index (χ2v) is 5.19. The van der Waals surface area contributed by atoms with E-state index in [0.717, 1.165) is 25.3 Å². The number of rotatable bonds is 3. The fraction of sp³-hybridized carbons (Fsp3) is 0.400. The van der Waals surface area contributed by atoms with Crippen LogP contribution >= 0.6 is 0 Å². The smallest absolute Gasteiger partial charge is 0.270 e. The first kappa shape index (κ1) is 13.6. The van der Waals surface area contributed by atoms with Gasteiger partial charge in [-0.25, -0.2) is 0 Å². The number of fused-ring (bicyclic) bond motifs is 2. The average molecular weight is 285 g/mol. The van der Waals surface area contributed by atoms with E-state index in [-0.39, 0.29) is 12.3 Å². The van der Waals surface area contributed by atoms with Crippen molar-refractivity contribution in [3.05, 3.63) is 39.9 Å². The number of non-ortho nitro benzene ring substituents is 1. The van der Waals surface area contributed by atoms with Gasteiger partial charge in [-0.05, 0) is 19.0 Å². The normalized spacial score (nSPS) is 24.7.